The molecule has 1 aromatic rings. The Kier molecular flexibility index (Phi) is 12.0. The van der Waals surface area contributed by atoms with Crippen molar-refractivity contribution in [2.24, 2.45) is 5.73 Å². The highest BCUT2D eigenvalue weighted by atomic mass is 35.5. The number of carbonyl (C=O) groups excluding carboxylic acids is 1. The summed E-state index contributed by atoms with van der Waals surface area (Å²) in [4.78, 5) is 11.7. The number of unbranched alkanes of at least 4 members (excludes halogenated alkanes) is 3. The SMILES string of the molecule is CC(CNC(=O)CCCCCCN)Oc1cccc(Cl)c1.Cl. The maximum Gasteiger partial charge on any atom is 0.220 e. The number of nitrogens with two attached hydrogens (primary N) is 1. The zero-order valence-corrected chi connectivity index (χ0v) is 14.6. The van der Waals surface area contributed by atoms with Crippen molar-refractivity contribution in [2.45, 2.75) is 45.1 Å². The van der Waals surface area contributed by atoms with Crippen molar-refractivity contribution in [3.8, 4) is 5.75 Å². The first-order valence-electron chi connectivity index (χ1n) is 7.51. The number of nitrogens with one attached hydrogen (secondary N) is 1. The molecule has 0 aliphatic heterocycles. The molecule has 0 spiro atoms. The van der Waals surface area contributed by atoms with Crippen molar-refractivity contribution in [3.63, 3.8) is 0 Å². The van der Waals surface area contributed by atoms with Crippen LogP contribution >= 0.6 is 24.0 Å². The second-order valence-corrected chi connectivity index (χ2v) is 5.58. The lowest BCUT2D eigenvalue weighted by Gasteiger charge is -2.15. The normalized spacial score (nSPS) is 11.4. The molecule has 0 heterocycles. The Bertz CT molecular complexity index is 430. The van der Waals surface area contributed by atoms with E-state index < -0.39 is 0 Å². The molecule has 0 saturated carbocycles. The first kappa shape index (κ1) is 21.0. The number of halogens is 2. The van der Waals surface area contributed by atoms with Crippen LogP contribution in [-0.4, -0.2) is 25.1 Å². The van der Waals surface area contributed by atoms with Crippen LogP contribution in [-0.2, 0) is 4.79 Å². The van der Waals surface area contributed by atoms with E-state index in [-0.39, 0.29) is 24.4 Å². The van der Waals surface area contributed by atoms with E-state index in [4.69, 9.17) is 22.1 Å². The smallest absolute Gasteiger partial charge is 0.220 e. The van der Waals surface area contributed by atoms with Gasteiger partial charge in [0.1, 0.15) is 11.9 Å². The Morgan fingerprint density at radius 3 is 2.73 bits per heavy atom. The number of hydrogen-bond acceptors (Lipinski definition) is 3. The number of ether oxygens (including phenoxy) is 1. The van der Waals surface area contributed by atoms with Gasteiger partial charge in [-0.3, -0.25) is 4.79 Å². The zero-order valence-electron chi connectivity index (χ0n) is 13.0. The average molecular weight is 349 g/mol. The van der Waals surface area contributed by atoms with E-state index >= 15 is 0 Å². The third-order valence-electron chi connectivity index (χ3n) is 3.08. The van der Waals surface area contributed by atoms with Crippen LogP contribution in [0.5, 0.6) is 5.75 Å². The quantitative estimate of drug-likeness (QED) is 0.635. The Morgan fingerprint density at radius 1 is 1.32 bits per heavy atom. The fourth-order valence-electron chi connectivity index (χ4n) is 1.94. The van der Waals surface area contributed by atoms with E-state index in [1.54, 1.807) is 12.1 Å². The molecule has 0 saturated heterocycles. The van der Waals surface area contributed by atoms with Gasteiger partial charge in [-0.15, -0.1) is 12.4 Å². The number of carbonyl (C=O) groups is 1. The highest BCUT2D eigenvalue weighted by molar-refractivity contribution is 6.30. The molecule has 0 aromatic heterocycles. The fraction of sp³-hybridized carbons (Fsp3) is 0.562. The lowest BCUT2D eigenvalue weighted by molar-refractivity contribution is -0.121. The van der Waals surface area contributed by atoms with E-state index in [0.29, 0.717) is 23.7 Å². The zero-order chi connectivity index (χ0) is 15.5. The summed E-state index contributed by atoms with van der Waals surface area (Å²) in [5.41, 5.74) is 5.42. The number of benzene rings is 1. The van der Waals surface area contributed by atoms with Crippen LogP contribution in [0, 0.1) is 0 Å². The van der Waals surface area contributed by atoms with Crippen molar-refractivity contribution in [3.05, 3.63) is 29.3 Å². The third-order valence-corrected chi connectivity index (χ3v) is 3.31. The van der Waals surface area contributed by atoms with Crippen LogP contribution in [0.4, 0.5) is 0 Å². The maximum absolute atomic E-state index is 11.7. The molecule has 0 aliphatic rings. The van der Waals surface area contributed by atoms with Crippen molar-refractivity contribution < 1.29 is 9.53 Å². The summed E-state index contributed by atoms with van der Waals surface area (Å²) in [5.74, 6) is 0.787. The minimum Gasteiger partial charge on any atom is -0.489 e. The van der Waals surface area contributed by atoms with Crippen LogP contribution in [0.3, 0.4) is 0 Å². The topological polar surface area (TPSA) is 64.4 Å². The third kappa shape index (κ3) is 9.87. The minimum absolute atomic E-state index is 0. The highest BCUT2D eigenvalue weighted by Crippen LogP contribution is 2.18. The second-order valence-electron chi connectivity index (χ2n) is 5.14. The summed E-state index contributed by atoms with van der Waals surface area (Å²) in [7, 11) is 0. The lowest BCUT2D eigenvalue weighted by atomic mass is 10.1. The summed E-state index contributed by atoms with van der Waals surface area (Å²) < 4.78 is 5.69. The van der Waals surface area contributed by atoms with Gasteiger partial charge in [0.15, 0.2) is 0 Å². The molecular formula is C16H26Cl2N2O2. The van der Waals surface area contributed by atoms with Crippen LogP contribution < -0.4 is 15.8 Å². The second kappa shape index (κ2) is 12.6. The Labute approximate surface area is 144 Å². The molecule has 0 bridgehead atoms. The molecule has 1 rings (SSSR count). The number of hydrogen-bond donors (Lipinski definition) is 2. The summed E-state index contributed by atoms with van der Waals surface area (Å²) in [6.07, 6.45) is 4.57. The van der Waals surface area contributed by atoms with E-state index in [0.717, 1.165) is 32.2 Å². The molecule has 3 N–H and O–H groups in total. The molecule has 1 atom stereocenters. The van der Waals surface area contributed by atoms with Crippen LogP contribution in [0.2, 0.25) is 5.02 Å². The molecule has 0 aliphatic carbocycles. The Hall–Kier alpha value is -0.970. The van der Waals surface area contributed by atoms with Gasteiger partial charge in [0.05, 0.1) is 6.54 Å². The van der Waals surface area contributed by atoms with Crippen LogP contribution in [0.15, 0.2) is 24.3 Å². The number of amides is 1. The Morgan fingerprint density at radius 2 is 2.05 bits per heavy atom. The minimum atomic E-state index is -0.0929. The molecule has 1 aromatic carbocycles. The molecule has 0 radical (unpaired) electrons. The van der Waals surface area contributed by atoms with Gasteiger partial charge in [0, 0.05) is 11.4 Å². The predicted octanol–water partition coefficient (Wildman–Crippen LogP) is 3.55. The van der Waals surface area contributed by atoms with Crippen molar-refractivity contribution in [2.75, 3.05) is 13.1 Å². The molecule has 22 heavy (non-hydrogen) atoms. The van der Waals surface area contributed by atoms with Crippen molar-refractivity contribution in [1.29, 1.82) is 0 Å². The van der Waals surface area contributed by atoms with Gasteiger partial charge in [-0.05, 0) is 44.5 Å². The van der Waals surface area contributed by atoms with Gasteiger partial charge in [-0.2, -0.15) is 0 Å². The van der Waals surface area contributed by atoms with Crippen LogP contribution in [0.25, 0.3) is 0 Å². The molecule has 0 fully saturated rings. The summed E-state index contributed by atoms with van der Waals surface area (Å²) in [6.45, 7) is 3.14. The van der Waals surface area contributed by atoms with Gasteiger partial charge < -0.3 is 15.8 Å². The van der Waals surface area contributed by atoms with Crippen LogP contribution in [0.1, 0.15) is 39.0 Å². The summed E-state index contributed by atoms with van der Waals surface area (Å²) in [5, 5.41) is 3.53. The van der Waals surface area contributed by atoms with E-state index in [9.17, 15) is 4.79 Å². The van der Waals surface area contributed by atoms with E-state index in [2.05, 4.69) is 5.32 Å². The average Bonchev–Trinajstić information content (AvgIpc) is 2.45. The summed E-state index contributed by atoms with van der Waals surface area (Å²) >= 11 is 5.89. The van der Waals surface area contributed by atoms with Gasteiger partial charge in [-0.25, -0.2) is 0 Å². The highest BCUT2D eigenvalue weighted by Gasteiger charge is 2.07. The van der Waals surface area contributed by atoms with Crippen molar-refractivity contribution >= 4 is 29.9 Å². The predicted molar refractivity (Wildman–Crippen MR) is 93.9 cm³/mol. The first-order chi connectivity index (χ1) is 10.1. The van der Waals surface area contributed by atoms with Gasteiger partial charge in [0.2, 0.25) is 5.91 Å². The Balaban J connectivity index is 0.00000441. The molecule has 6 heteroatoms. The first-order valence-corrected chi connectivity index (χ1v) is 7.88. The molecular weight excluding hydrogens is 323 g/mol. The van der Waals surface area contributed by atoms with Gasteiger partial charge in [-0.1, -0.05) is 30.5 Å². The summed E-state index contributed by atoms with van der Waals surface area (Å²) in [6, 6.07) is 7.24. The van der Waals surface area contributed by atoms with Gasteiger partial charge in [0.25, 0.3) is 0 Å². The fourth-order valence-corrected chi connectivity index (χ4v) is 2.12. The molecule has 1 amide bonds. The maximum atomic E-state index is 11.7. The number of rotatable bonds is 10. The lowest BCUT2D eigenvalue weighted by Crippen LogP contribution is -2.33. The molecule has 1 unspecified atom stereocenters. The van der Waals surface area contributed by atoms with Crippen molar-refractivity contribution in [1.82, 2.24) is 5.32 Å². The van der Waals surface area contributed by atoms with E-state index in [1.807, 2.05) is 19.1 Å². The van der Waals surface area contributed by atoms with Gasteiger partial charge >= 0.3 is 0 Å². The molecule has 126 valence electrons. The molecule has 4 nitrogen and oxygen atoms in total. The monoisotopic (exact) mass is 348 g/mol. The standard InChI is InChI=1S/C16H25ClN2O2.ClH/c1-13(21-15-8-6-7-14(17)11-15)12-19-16(20)9-4-2-3-5-10-18;/h6-8,11,13H,2-5,9-10,12,18H2,1H3,(H,19,20);1H. The largest absolute Gasteiger partial charge is 0.489 e. The van der Waals surface area contributed by atoms with E-state index in [1.165, 1.54) is 0 Å².